The van der Waals surface area contributed by atoms with E-state index in [2.05, 4.69) is 42.0 Å². The first-order valence-corrected chi connectivity index (χ1v) is 6.51. The van der Waals surface area contributed by atoms with Gasteiger partial charge in [0.1, 0.15) is 0 Å². The van der Waals surface area contributed by atoms with Gasteiger partial charge in [-0.05, 0) is 24.7 Å². The Morgan fingerprint density at radius 2 is 2.00 bits per heavy atom. The van der Waals surface area contributed by atoms with E-state index in [1.165, 1.54) is 6.42 Å². The molecule has 1 atom stereocenters. The number of rotatable bonds is 7. The Morgan fingerprint density at radius 1 is 1.36 bits per heavy atom. The molecule has 0 saturated carbocycles. The lowest BCUT2D eigenvalue weighted by molar-refractivity contribution is -0.121. The van der Waals surface area contributed by atoms with E-state index in [1.54, 1.807) is 0 Å². The number of carbonyl (C=O) groups excluding carboxylic acids is 1. The smallest absolute Gasteiger partial charge is 0.220 e. The summed E-state index contributed by atoms with van der Waals surface area (Å²) >= 11 is 3.44. The number of nitrogens with one attached hydrogen (secondary N) is 1. The van der Waals surface area contributed by atoms with Crippen LogP contribution in [0.5, 0.6) is 0 Å². The van der Waals surface area contributed by atoms with Gasteiger partial charge in [0.15, 0.2) is 0 Å². The minimum absolute atomic E-state index is 0.187. The maximum atomic E-state index is 11.2. The van der Waals surface area contributed by atoms with E-state index in [0.717, 1.165) is 18.3 Å². The van der Waals surface area contributed by atoms with Gasteiger partial charge in [-0.1, -0.05) is 36.7 Å². The van der Waals surface area contributed by atoms with Crippen molar-refractivity contribution in [2.75, 3.05) is 11.9 Å². The van der Waals surface area contributed by atoms with Gasteiger partial charge in [0.05, 0.1) is 0 Å². The van der Waals surface area contributed by atoms with Crippen LogP contribution >= 0.6 is 15.9 Å². The van der Waals surface area contributed by atoms with Crippen LogP contribution in [0.4, 0.5) is 0 Å². The van der Waals surface area contributed by atoms with E-state index in [1.807, 2.05) is 0 Å². The van der Waals surface area contributed by atoms with Gasteiger partial charge in [0.2, 0.25) is 5.91 Å². The summed E-state index contributed by atoms with van der Waals surface area (Å²) in [7, 11) is 0. The summed E-state index contributed by atoms with van der Waals surface area (Å²) < 4.78 is 0. The van der Waals surface area contributed by atoms with E-state index in [4.69, 9.17) is 0 Å². The Morgan fingerprint density at radius 3 is 2.50 bits per heavy atom. The van der Waals surface area contributed by atoms with E-state index in [9.17, 15) is 4.79 Å². The van der Waals surface area contributed by atoms with Gasteiger partial charge in [-0.3, -0.25) is 4.79 Å². The third-order valence-corrected chi connectivity index (χ3v) is 3.16. The zero-order valence-corrected chi connectivity index (χ0v) is 11.1. The molecular weight excluding hydrogens is 242 g/mol. The van der Waals surface area contributed by atoms with Crippen LogP contribution < -0.4 is 5.32 Å². The molecule has 0 spiro atoms. The van der Waals surface area contributed by atoms with Gasteiger partial charge in [-0.15, -0.1) is 0 Å². The summed E-state index contributed by atoms with van der Waals surface area (Å²) in [6, 6.07) is 0. The second kappa shape index (κ2) is 8.27. The number of halogens is 1. The fourth-order valence-electron chi connectivity index (χ4n) is 1.20. The number of hydrogen-bond acceptors (Lipinski definition) is 1. The van der Waals surface area contributed by atoms with Crippen LogP contribution in [0.15, 0.2) is 0 Å². The molecule has 0 aliphatic rings. The lowest BCUT2D eigenvalue weighted by Gasteiger charge is -2.09. The number of hydrogen-bond donors (Lipinski definition) is 1. The van der Waals surface area contributed by atoms with Crippen LogP contribution in [0, 0.1) is 11.8 Å². The highest BCUT2D eigenvalue weighted by atomic mass is 79.9. The first-order chi connectivity index (χ1) is 6.56. The Balaban J connectivity index is 3.31. The lowest BCUT2D eigenvalue weighted by atomic mass is 10.1. The van der Waals surface area contributed by atoms with Crippen LogP contribution in [0.1, 0.15) is 40.0 Å². The Hall–Kier alpha value is -0.0500. The standard InChI is InChI=1S/C11H22BrNO/c1-9(2)7-11(14)13-6-4-5-10(3)8-12/h9-10H,4-8H2,1-3H3,(H,13,14). The van der Waals surface area contributed by atoms with Crippen LogP contribution in [-0.2, 0) is 4.79 Å². The average molecular weight is 264 g/mol. The fourth-order valence-corrected chi connectivity index (χ4v) is 1.52. The largest absolute Gasteiger partial charge is 0.356 e. The monoisotopic (exact) mass is 263 g/mol. The zero-order chi connectivity index (χ0) is 11.0. The average Bonchev–Trinajstić information content (AvgIpc) is 2.10. The van der Waals surface area contributed by atoms with Gasteiger partial charge in [-0.25, -0.2) is 0 Å². The molecule has 2 nitrogen and oxygen atoms in total. The van der Waals surface area contributed by atoms with E-state index < -0.39 is 0 Å². The lowest BCUT2D eigenvalue weighted by Crippen LogP contribution is -2.25. The number of carbonyl (C=O) groups is 1. The molecule has 14 heavy (non-hydrogen) atoms. The molecule has 0 fully saturated rings. The molecule has 3 heteroatoms. The molecule has 1 N–H and O–H groups in total. The molecule has 0 saturated heterocycles. The van der Waals surface area contributed by atoms with Gasteiger partial charge in [0.25, 0.3) is 0 Å². The van der Waals surface area contributed by atoms with Crippen molar-refractivity contribution in [1.82, 2.24) is 5.32 Å². The highest BCUT2D eigenvalue weighted by molar-refractivity contribution is 9.09. The molecule has 0 heterocycles. The van der Waals surface area contributed by atoms with Crippen molar-refractivity contribution in [3.05, 3.63) is 0 Å². The van der Waals surface area contributed by atoms with Gasteiger partial charge in [0, 0.05) is 18.3 Å². The molecule has 0 aliphatic carbocycles. The summed E-state index contributed by atoms with van der Waals surface area (Å²) in [5, 5.41) is 3.99. The summed E-state index contributed by atoms with van der Waals surface area (Å²) in [6.45, 7) is 7.16. The van der Waals surface area contributed by atoms with Crippen molar-refractivity contribution in [3.8, 4) is 0 Å². The molecule has 0 rings (SSSR count). The first-order valence-electron chi connectivity index (χ1n) is 5.39. The molecule has 84 valence electrons. The molecule has 0 bridgehead atoms. The Kier molecular flexibility index (Phi) is 8.24. The normalized spacial score (nSPS) is 12.9. The van der Waals surface area contributed by atoms with Crippen molar-refractivity contribution in [2.45, 2.75) is 40.0 Å². The molecule has 0 aromatic carbocycles. The minimum atomic E-state index is 0.187. The molecule has 1 amide bonds. The number of amides is 1. The van der Waals surface area contributed by atoms with Gasteiger partial charge in [-0.2, -0.15) is 0 Å². The number of alkyl halides is 1. The van der Waals surface area contributed by atoms with Crippen LogP contribution in [0.2, 0.25) is 0 Å². The fraction of sp³-hybridized carbons (Fsp3) is 0.909. The van der Waals surface area contributed by atoms with Crippen molar-refractivity contribution in [2.24, 2.45) is 11.8 Å². The van der Waals surface area contributed by atoms with E-state index >= 15 is 0 Å². The quantitative estimate of drug-likeness (QED) is 0.556. The predicted octanol–water partition coefficient (Wildman–Crippen LogP) is 2.96. The molecule has 1 unspecified atom stereocenters. The zero-order valence-electron chi connectivity index (χ0n) is 9.48. The van der Waals surface area contributed by atoms with E-state index in [0.29, 0.717) is 18.3 Å². The molecule has 0 radical (unpaired) electrons. The highest BCUT2D eigenvalue weighted by Crippen LogP contribution is 2.07. The summed E-state index contributed by atoms with van der Waals surface area (Å²) in [4.78, 5) is 11.2. The topological polar surface area (TPSA) is 29.1 Å². The van der Waals surface area contributed by atoms with Crippen LogP contribution in [-0.4, -0.2) is 17.8 Å². The highest BCUT2D eigenvalue weighted by Gasteiger charge is 2.04. The van der Waals surface area contributed by atoms with E-state index in [-0.39, 0.29) is 5.91 Å². The van der Waals surface area contributed by atoms with Crippen molar-refractivity contribution >= 4 is 21.8 Å². The predicted molar refractivity (Wildman–Crippen MR) is 64.7 cm³/mol. The summed E-state index contributed by atoms with van der Waals surface area (Å²) in [5.74, 6) is 1.35. The second-order valence-electron chi connectivity index (χ2n) is 4.35. The van der Waals surface area contributed by atoms with Crippen molar-refractivity contribution in [3.63, 3.8) is 0 Å². The Labute approximate surface area is 96.0 Å². The third-order valence-electron chi connectivity index (χ3n) is 2.05. The maximum absolute atomic E-state index is 11.2. The summed E-state index contributed by atoms with van der Waals surface area (Å²) in [6.07, 6.45) is 2.90. The maximum Gasteiger partial charge on any atom is 0.220 e. The first kappa shape index (κ1) is 13.9. The minimum Gasteiger partial charge on any atom is -0.356 e. The van der Waals surface area contributed by atoms with Crippen LogP contribution in [0.3, 0.4) is 0 Å². The van der Waals surface area contributed by atoms with Crippen LogP contribution in [0.25, 0.3) is 0 Å². The molecule has 0 aromatic rings. The van der Waals surface area contributed by atoms with Crippen molar-refractivity contribution < 1.29 is 4.79 Å². The SMILES string of the molecule is CC(C)CC(=O)NCCCC(C)CBr. The van der Waals surface area contributed by atoms with Crippen molar-refractivity contribution in [1.29, 1.82) is 0 Å². The second-order valence-corrected chi connectivity index (χ2v) is 5.00. The van der Waals surface area contributed by atoms with Gasteiger partial charge >= 0.3 is 0 Å². The molecule has 0 aliphatic heterocycles. The Bertz CT molecular complexity index is 159. The molecular formula is C11H22BrNO. The third kappa shape index (κ3) is 8.54. The molecule has 0 aromatic heterocycles. The summed E-state index contributed by atoms with van der Waals surface area (Å²) in [5.41, 5.74) is 0. The van der Waals surface area contributed by atoms with Gasteiger partial charge < -0.3 is 5.32 Å².